The molecule has 0 aromatic carbocycles. The summed E-state index contributed by atoms with van der Waals surface area (Å²) in [5, 5.41) is 8.77. The Morgan fingerprint density at radius 1 is 1.53 bits per heavy atom. The van der Waals surface area contributed by atoms with Crippen molar-refractivity contribution in [3.05, 3.63) is 17.5 Å². The largest absolute Gasteiger partial charge is 0.344 e. The van der Waals surface area contributed by atoms with Gasteiger partial charge in [-0.1, -0.05) is 0 Å². The van der Waals surface area contributed by atoms with Crippen LogP contribution >= 0.6 is 0 Å². The van der Waals surface area contributed by atoms with E-state index in [2.05, 4.69) is 9.97 Å². The van der Waals surface area contributed by atoms with Crippen molar-refractivity contribution >= 4 is 5.95 Å². The molecule has 80 valence electrons. The smallest absolute Gasteiger partial charge is 0.226 e. The van der Waals surface area contributed by atoms with Crippen LogP contribution in [-0.4, -0.2) is 30.1 Å². The second-order valence-corrected chi connectivity index (χ2v) is 3.37. The SMILES string of the molecule is Cc1cc(C#N)nc(N(C)CCCN)n1. The second kappa shape index (κ2) is 5.27. The van der Waals surface area contributed by atoms with Crippen molar-refractivity contribution in [2.24, 2.45) is 5.73 Å². The predicted molar refractivity (Wildman–Crippen MR) is 58.4 cm³/mol. The molecule has 0 amide bonds. The Bertz CT molecular complexity index is 369. The van der Waals surface area contributed by atoms with Gasteiger partial charge in [0.05, 0.1) is 0 Å². The number of aryl methyl sites for hydroxylation is 1. The quantitative estimate of drug-likeness (QED) is 0.771. The first kappa shape index (κ1) is 11.4. The van der Waals surface area contributed by atoms with Crippen LogP contribution in [0.3, 0.4) is 0 Å². The summed E-state index contributed by atoms with van der Waals surface area (Å²) in [5.74, 6) is 0.583. The molecule has 0 atom stereocenters. The number of nitrogens with zero attached hydrogens (tertiary/aromatic N) is 4. The van der Waals surface area contributed by atoms with Crippen LogP contribution in [0.4, 0.5) is 5.95 Å². The van der Waals surface area contributed by atoms with Gasteiger partial charge in [0.1, 0.15) is 11.8 Å². The third kappa shape index (κ3) is 3.18. The van der Waals surface area contributed by atoms with Gasteiger partial charge in [-0.15, -0.1) is 0 Å². The summed E-state index contributed by atoms with van der Waals surface area (Å²) in [7, 11) is 1.89. The summed E-state index contributed by atoms with van der Waals surface area (Å²) in [5.41, 5.74) is 6.62. The normalized spacial score (nSPS) is 9.73. The second-order valence-electron chi connectivity index (χ2n) is 3.37. The molecule has 1 heterocycles. The molecule has 0 saturated carbocycles. The van der Waals surface area contributed by atoms with Gasteiger partial charge < -0.3 is 10.6 Å². The number of nitriles is 1. The van der Waals surface area contributed by atoms with Gasteiger partial charge in [0.25, 0.3) is 0 Å². The predicted octanol–water partition coefficient (Wildman–Crippen LogP) is 0.442. The van der Waals surface area contributed by atoms with Crippen LogP contribution in [0.15, 0.2) is 6.07 Å². The molecule has 0 saturated heterocycles. The van der Waals surface area contributed by atoms with Crippen molar-refractivity contribution in [2.45, 2.75) is 13.3 Å². The standard InChI is InChI=1S/C10H15N5/c1-8-6-9(7-12)14-10(13-8)15(2)5-3-4-11/h6H,3-5,11H2,1-2H3. The van der Waals surface area contributed by atoms with Gasteiger partial charge in [-0.3, -0.25) is 0 Å². The Morgan fingerprint density at radius 2 is 2.27 bits per heavy atom. The highest BCUT2D eigenvalue weighted by Crippen LogP contribution is 2.08. The van der Waals surface area contributed by atoms with E-state index in [0.717, 1.165) is 18.7 Å². The summed E-state index contributed by atoms with van der Waals surface area (Å²) in [6.07, 6.45) is 0.885. The summed E-state index contributed by atoms with van der Waals surface area (Å²) in [6, 6.07) is 3.68. The lowest BCUT2D eigenvalue weighted by atomic mass is 10.3. The Morgan fingerprint density at radius 3 is 2.87 bits per heavy atom. The van der Waals surface area contributed by atoms with Gasteiger partial charge in [0.2, 0.25) is 5.95 Å². The molecule has 0 aliphatic carbocycles. The van der Waals surface area contributed by atoms with Gasteiger partial charge in [0.15, 0.2) is 0 Å². The minimum atomic E-state index is 0.400. The van der Waals surface area contributed by atoms with Crippen molar-refractivity contribution in [1.29, 1.82) is 5.26 Å². The minimum Gasteiger partial charge on any atom is -0.344 e. The molecule has 0 aliphatic rings. The van der Waals surface area contributed by atoms with Crippen LogP contribution < -0.4 is 10.6 Å². The van der Waals surface area contributed by atoms with E-state index in [1.54, 1.807) is 6.07 Å². The van der Waals surface area contributed by atoms with Gasteiger partial charge in [-0.05, 0) is 26.0 Å². The monoisotopic (exact) mass is 205 g/mol. The lowest BCUT2D eigenvalue weighted by Crippen LogP contribution is -2.23. The zero-order valence-corrected chi connectivity index (χ0v) is 9.06. The molecular formula is C10H15N5. The molecule has 0 spiro atoms. The number of anilines is 1. The first-order chi connectivity index (χ1) is 7.17. The third-order valence-corrected chi connectivity index (χ3v) is 2.00. The highest BCUT2D eigenvalue weighted by Gasteiger charge is 2.06. The molecule has 5 heteroatoms. The highest BCUT2D eigenvalue weighted by atomic mass is 15.2. The van der Waals surface area contributed by atoms with E-state index in [-0.39, 0.29) is 0 Å². The van der Waals surface area contributed by atoms with Gasteiger partial charge in [-0.25, -0.2) is 9.97 Å². The van der Waals surface area contributed by atoms with E-state index in [1.165, 1.54) is 0 Å². The Balaban J connectivity index is 2.84. The fraction of sp³-hybridized carbons (Fsp3) is 0.500. The molecule has 0 unspecified atom stereocenters. The number of hydrogen-bond acceptors (Lipinski definition) is 5. The zero-order valence-electron chi connectivity index (χ0n) is 9.06. The van der Waals surface area contributed by atoms with Crippen molar-refractivity contribution in [3.63, 3.8) is 0 Å². The van der Waals surface area contributed by atoms with Crippen LogP contribution in [-0.2, 0) is 0 Å². The molecule has 1 rings (SSSR count). The number of aromatic nitrogens is 2. The van der Waals surface area contributed by atoms with Crippen molar-refractivity contribution < 1.29 is 0 Å². The maximum absolute atomic E-state index is 8.77. The maximum atomic E-state index is 8.77. The topological polar surface area (TPSA) is 78.8 Å². The Labute approximate surface area is 89.6 Å². The van der Waals surface area contributed by atoms with Crippen molar-refractivity contribution in [3.8, 4) is 6.07 Å². The van der Waals surface area contributed by atoms with E-state index < -0.39 is 0 Å². The molecule has 15 heavy (non-hydrogen) atoms. The molecule has 0 aliphatic heterocycles. The highest BCUT2D eigenvalue weighted by molar-refractivity contribution is 5.34. The minimum absolute atomic E-state index is 0.400. The molecule has 1 aromatic rings. The molecule has 0 radical (unpaired) electrons. The van der Waals surface area contributed by atoms with Crippen molar-refractivity contribution in [1.82, 2.24) is 9.97 Å². The molecule has 2 N–H and O–H groups in total. The van der Waals surface area contributed by atoms with Gasteiger partial charge in [0, 0.05) is 19.3 Å². The van der Waals surface area contributed by atoms with E-state index >= 15 is 0 Å². The van der Waals surface area contributed by atoms with Crippen molar-refractivity contribution in [2.75, 3.05) is 25.0 Å². The van der Waals surface area contributed by atoms with Crippen LogP contribution in [0.5, 0.6) is 0 Å². The molecule has 0 bridgehead atoms. The summed E-state index contributed by atoms with van der Waals surface area (Å²) in [4.78, 5) is 10.3. The fourth-order valence-corrected chi connectivity index (χ4v) is 1.21. The first-order valence-corrected chi connectivity index (χ1v) is 4.84. The Hall–Kier alpha value is -1.67. The van der Waals surface area contributed by atoms with E-state index in [9.17, 15) is 0 Å². The molecular weight excluding hydrogens is 190 g/mol. The van der Waals surface area contributed by atoms with E-state index in [1.807, 2.05) is 24.9 Å². The summed E-state index contributed by atoms with van der Waals surface area (Å²) >= 11 is 0. The molecule has 0 fully saturated rings. The van der Waals surface area contributed by atoms with Crippen LogP contribution in [0, 0.1) is 18.3 Å². The van der Waals surface area contributed by atoms with Crippen LogP contribution in [0.2, 0.25) is 0 Å². The average molecular weight is 205 g/mol. The van der Waals surface area contributed by atoms with Crippen LogP contribution in [0.1, 0.15) is 17.8 Å². The summed E-state index contributed by atoms with van der Waals surface area (Å²) < 4.78 is 0. The van der Waals surface area contributed by atoms with Gasteiger partial charge >= 0.3 is 0 Å². The van der Waals surface area contributed by atoms with Crippen LogP contribution in [0.25, 0.3) is 0 Å². The van der Waals surface area contributed by atoms with E-state index in [4.69, 9.17) is 11.0 Å². The average Bonchev–Trinajstić information content (AvgIpc) is 2.24. The molecule has 5 nitrogen and oxygen atoms in total. The lowest BCUT2D eigenvalue weighted by molar-refractivity contribution is 0.771. The zero-order chi connectivity index (χ0) is 11.3. The number of hydrogen-bond donors (Lipinski definition) is 1. The maximum Gasteiger partial charge on any atom is 0.226 e. The summed E-state index contributed by atoms with van der Waals surface area (Å²) in [6.45, 7) is 3.29. The number of nitrogens with two attached hydrogens (primary N) is 1. The number of rotatable bonds is 4. The van der Waals surface area contributed by atoms with E-state index in [0.29, 0.717) is 18.2 Å². The van der Waals surface area contributed by atoms with Gasteiger partial charge in [-0.2, -0.15) is 5.26 Å². The fourth-order valence-electron chi connectivity index (χ4n) is 1.21. The Kier molecular flexibility index (Phi) is 4.01. The lowest BCUT2D eigenvalue weighted by Gasteiger charge is -2.16. The third-order valence-electron chi connectivity index (χ3n) is 2.00. The molecule has 1 aromatic heterocycles. The first-order valence-electron chi connectivity index (χ1n) is 4.84.